The van der Waals surface area contributed by atoms with Crippen LogP contribution in [-0.2, 0) is 4.74 Å². The molecule has 1 rings (SSSR count). The maximum absolute atomic E-state index is 8.90. The van der Waals surface area contributed by atoms with Gasteiger partial charge in [0.1, 0.15) is 12.4 Å². The molecule has 0 aliphatic rings. The van der Waals surface area contributed by atoms with Gasteiger partial charge in [-0.1, -0.05) is 30.6 Å². The standard InChI is InChI=1S/C16H25NO3/c1-12(2)7-8-19-9-10-20-16-6-5-13(3)11-15(16)14(4)17-18/h5-6,11-12,18H,7-10H2,1-4H3. The highest BCUT2D eigenvalue weighted by Crippen LogP contribution is 2.21. The van der Waals surface area contributed by atoms with E-state index in [2.05, 4.69) is 19.0 Å². The summed E-state index contributed by atoms with van der Waals surface area (Å²) in [5.74, 6) is 1.38. The van der Waals surface area contributed by atoms with Gasteiger partial charge in [-0.25, -0.2) is 0 Å². The van der Waals surface area contributed by atoms with E-state index in [0.717, 1.165) is 29.9 Å². The van der Waals surface area contributed by atoms with Crippen LogP contribution in [-0.4, -0.2) is 30.7 Å². The Morgan fingerprint density at radius 2 is 2.00 bits per heavy atom. The first-order valence-corrected chi connectivity index (χ1v) is 7.04. The number of rotatable bonds is 8. The lowest BCUT2D eigenvalue weighted by atomic mass is 10.1. The largest absolute Gasteiger partial charge is 0.490 e. The number of aryl methyl sites for hydroxylation is 1. The minimum atomic E-state index is 0.493. The van der Waals surface area contributed by atoms with Crippen LogP contribution in [0.15, 0.2) is 23.4 Å². The van der Waals surface area contributed by atoms with Crippen LogP contribution in [0.4, 0.5) is 0 Å². The Hall–Kier alpha value is -1.55. The van der Waals surface area contributed by atoms with Gasteiger partial charge < -0.3 is 14.7 Å². The second-order valence-corrected chi connectivity index (χ2v) is 5.33. The van der Waals surface area contributed by atoms with E-state index in [-0.39, 0.29) is 0 Å². The third-order valence-corrected chi connectivity index (χ3v) is 3.00. The lowest BCUT2D eigenvalue weighted by Gasteiger charge is -2.12. The van der Waals surface area contributed by atoms with Crippen LogP contribution in [0, 0.1) is 12.8 Å². The van der Waals surface area contributed by atoms with E-state index in [1.807, 2.05) is 25.1 Å². The van der Waals surface area contributed by atoms with Crippen molar-refractivity contribution in [3.05, 3.63) is 29.3 Å². The molecule has 4 nitrogen and oxygen atoms in total. The maximum Gasteiger partial charge on any atom is 0.128 e. The lowest BCUT2D eigenvalue weighted by Crippen LogP contribution is -2.10. The average Bonchev–Trinajstić information content (AvgIpc) is 2.42. The number of oxime groups is 1. The minimum absolute atomic E-state index is 0.493. The molecular formula is C16H25NO3. The van der Waals surface area contributed by atoms with Crippen molar-refractivity contribution in [2.24, 2.45) is 11.1 Å². The number of nitrogens with zero attached hydrogens (tertiary/aromatic N) is 1. The van der Waals surface area contributed by atoms with Crippen molar-refractivity contribution in [3.8, 4) is 5.75 Å². The monoisotopic (exact) mass is 279 g/mol. The van der Waals surface area contributed by atoms with Gasteiger partial charge in [0.05, 0.1) is 12.3 Å². The first-order chi connectivity index (χ1) is 9.54. The Morgan fingerprint density at radius 3 is 2.65 bits per heavy atom. The summed E-state index contributed by atoms with van der Waals surface area (Å²) in [6.07, 6.45) is 1.06. The van der Waals surface area contributed by atoms with Gasteiger partial charge in [-0.15, -0.1) is 0 Å². The summed E-state index contributed by atoms with van der Waals surface area (Å²) in [4.78, 5) is 0. The van der Waals surface area contributed by atoms with Crippen molar-refractivity contribution in [2.45, 2.75) is 34.1 Å². The summed E-state index contributed by atoms with van der Waals surface area (Å²) in [6.45, 7) is 9.92. The molecule has 0 atom stereocenters. The van der Waals surface area contributed by atoms with E-state index in [0.29, 0.717) is 24.8 Å². The summed E-state index contributed by atoms with van der Waals surface area (Å²) in [6, 6.07) is 5.82. The van der Waals surface area contributed by atoms with Gasteiger partial charge in [0.25, 0.3) is 0 Å². The van der Waals surface area contributed by atoms with Crippen molar-refractivity contribution < 1.29 is 14.7 Å². The molecule has 0 saturated carbocycles. The topological polar surface area (TPSA) is 51.1 Å². The molecule has 1 aromatic carbocycles. The van der Waals surface area contributed by atoms with E-state index in [1.54, 1.807) is 6.92 Å². The van der Waals surface area contributed by atoms with E-state index in [1.165, 1.54) is 0 Å². The van der Waals surface area contributed by atoms with E-state index in [9.17, 15) is 0 Å². The second kappa shape index (κ2) is 8.59. The van der Waals surface area contributed by atoms with Gasteiger partial charge in [0.2, 0.25) is 0 Å². The molecule has 0 fully saturated rings. The molecule has 0 bridgehead atoms. The van der Waals surface area contributed by atoms with Gasteiger partial charge >= 0.3 is 0 Å². The fourth-order valence-corrected chi connectivity index (χ4v) is 1.74. The zero-order chi connectivity index (χ0) is 15.0. The smallest absolute Gasteiger partial charge is 0.128 e. The lowest BCUT2D eigenvalue weighted by molar-refractivity contribution is 0.0925. The van der Waals surface area contributed by atoms with Crippen LogP contribution in [0.25, 0.3) is 0 Å². The second-order valence-electron chi connectivity index (χ2n) is 5.33. The van der Waals surface area contributed by atoms with Gasteiger partial charge in [-0.3, -0.25) is 0 Å². The van der Waals surface area contributed by atoms with Crippen molar-refractivity contribution in [2.75, 3.05) is 19.8 Å². The molecular weight excluding hydrogens is 254 g/mol. The van der Waals surface area contributed by atoms with Crippen molar-refractivity contribution in [1.29, 1.82) is 0 Å². The Labute approximate surface area is 121 Å². The van der Waals surface area contributed by atoms with Crippen LogP contribution >= 0.6 is 0 Å². The van der Waals surface area contributed by atoms with Crippen molar-refractivity contribution >= 4 is 5.71 Å². The predicted molar refractivity (Wildman–Crippen MR) is 80.9 cm³/mol. The molecule has 0 aromatic heterocycles. The van der Waals surface area contributed by atoms with E-state index < -0.39 is 0 Å². The Morgan fingerprint density at radius 1 is 1.25 bits per heavy atom. The first kappa shape index (κ1) is 16.5. The van der Waals surface area contributed by atoms with Crippen LogP contribution in [0.1, 0.15) is 38.3 Å². The SMILES string of the molecule is CC(=NO)c1cc(C)ccc1OCCOCCC(C)C. The zero-order valence-electron chi connectivity index (χ0n) is 12.8. The predicted octanol–water partition coefficient (Wildman–Crippen LogP) is 3.63. The molecule has 0 radical (unpaired) electrons. The van der Waals surface area contributed by atoms with E-state index in [4.69, 9.17) is 14.7 Å². The highest BCUT2D eigenvalue weighted by molar-refractivity contribution is 6.00. The molecule has 0 aliphatic heterocycles. The third kappa shape index (κ3) is 5.61. The fourth-order valence-electron chi connectivity index (χ4n) is 1.74. The molecule has 0 saturated heterocycles. The van der Waals surface area contributed by atoms with Gasteiger partial charge in [0, 0.05) is 12.2 Å². The van der Waals surface area contributed by atoms with Crippen LogP contribution in [0.3, 0.4) is 0 Å². The first-order valence-electron chi connectivity index (χ1n) is 7.04. The number of hydrogen-bond acceptors (Lipinski definition) is 4. The molecule has 1 aromatic rings. The van der Waals surface area contributed by atoms with Crippen LogP contribution in [0.5, 0.6) is 5.75 Å². The zero-order valence-corrected chi connectivity index (χ0v) is 12.8. The van der Waals surface area contributed by atoms with Gasteiger partial charge in [-0.05, 0) is 38.3 Å². The molecule has 1 N–H and O–H groups in total. The maximum atomic E-state index is 8.90. The van der Waals surface area contributed by atoms with Crippen molar-refractivity contribution in [3.63, 3.8) is 0 Å². The Balaban J connectivity index is 2.47. The molecule has 0 amide bonds. The Bertz CT molecular complexity index is 441. The highest BCUT2D eigenvalue weighted by atomic mass is 16.5. The Kier molecular flexibility index (Phi) is 7.09. The molecule has 0 aliphatic carbocycles. The summed E-state index contributed by atoms with van der Waals surface area (Å²) in [5, 5.41) is 12.1. The summed E-state index contributed by atoms with van der Waals surface area (Å²) in [5.41, 5.74) is 2.46. The number of benzene rings is 1. The highest BCUT2D eigenvalue weighted by Gasteiger charge is 2.07. The summed E-state index contributed by atoms with van der Waals surface area (Å²) in [7, 11) is 0. The average molecular weight is 279 g/mol. The molecule has 0 heterocycles. The summed E-state index contributed by atoms with van der Waals surface area (Å²) < 4.78 is 11.2. The van der Waals surface area contributed by atoms with Crippen molar-refractivity contribution in [1.82, 2.24) is 0 Å². The molecule has 112 valence electrons. The van der Waals surface area contributed by atoms with Gasteiger partial charge in [-0.2, -0.15) is 0 Å². The molecule has 4 heteroatoms. The molecule has 0 spiro atoms. The van der Waals surface area contributed by atoms with E-state index >= 15 is 0 Å². The molecule has 20 heavy (non-hydrogen) atoms. The van der Waals surface area contributed by atoms with Gasteiger partial charge in [0.15, 0.2) is 0 Å². The normalized spacial score (nSPS) is 11.9. The van der Waals surface area contributed by atoms with Crippen LogP contribution < -0.4 is 4.74 Å². The summed E-state index contributed by atoms with van der Waals surface area (Å²) >= 11 is 0. The number of hydrogen-bond donors (Lipinski definition) is 1. The fraction of sp³-hybridized carbons (Fsp3) is 0.562. The minimum Gasteiger partial charge on any atom is -0.490 e. The molecule has 0 unspecified atom stereocenters. The quantitative estimate of drug-likeness (QED) is 0.342. The third-order valence-electron chi connectivity index (χ3n) is 3.00. The number of ether oxygens (including phenoxy) is 2. The van der Waals surface area contributed by atoms with Crippen LogP contribution in [0.2, 0.25) is 0 Å².